The zero-order valence-corrected chi connectivity index (χ0v) is 10.7. The molecule has 0 amide bonds. The second-order valence-corrected chi connectivity index (χ2v) is 4.55. The van der Waals surface area contributed by atoms with Gasteiger partial charge in [0.1, 0.15) is 5.75 Å². The molecule has 18 heavy (non-hydrogen) atoms. The van der Waals surface area contributed by atoms with Gasteiger partial charge in [-0.1, -0.05) is 29.8 Å². The Labute approximate surface area is 110 Å². The number of benzene rings is 2. The highest BCUT2D eigenvalue weighted by Gasteiger charge is 2.07. The Balaban J connectivity index is 2.19. The monoisotopic (exact) mass is 257 g/mol. The molecule has 0 spiro atoms. The number of methoxy groups -OCH3 is 1. The van der Waals surface area contributed by atoms with Gasteiger partial charge in [0.25, 0.3) is 0 Å². The van der Waals surface area contributed by atoms with Crippen molar-refractivity contribution in [3.63, 3.8) is 0 Å². The highest BCUT2D eigenvalue weighted by molar-refractivity contribution is 6.30. The predicted molar refractivity (Wildman–Crippen MR) is 75.3 cm³/mol. The van der Waals surface area contributed by atoms with Gasteiger partial charge in [-0.25, -0.2) is 0 Å². The number of ether oxygens (including phenoxy) is 1. The number of halogens is 1. The molecule has 0 atom stereocenters. The summed E-state index contributed by atoms with van der Waals surface area (Å²) in [5.41, 5.74) is 3.17. The maximum atomic E-state index is 6.01. The van der Waals surface area contributed by atoms with Crippen molar-refractivity contribution in [2.24, 2.45) is 0 Å². The lowest BCUT2D eigenvalue weighted by Crippen LogP contribution is -1.81. The van der Waals surface area contributed by atoms with Crippen LogP contribution in [0.4, 0.5) is 0 Å². The van der Waals surface area contributed by atoms with E-state index in [2.05, 4.69) is 11.1 Å². The van der Waals surface area contributed by atoms with Gasteiger partial charge < -0.3 is 9.72 Å². The zero-order valence-electron chi connectivity index (χ0n) is 9.91. The molecule has 0 aliphatic carbocycles. The van der Waals surface area contributed by atoms with Crippen LogP contribution in [0.25, 0.3) is 22.2 Å². The molecule has 3 rings (SSSR count). The first-order valence-electron chi connectivity index (χ1n) is 5.69. The van der Waals surface area contributed by atoms with Crippen LogP contribution in [-0.4, -0.2) is 12.1 Å². The molecular weight excluding hydrogens is 246 g/mol. The van der Waals surface area contributed by atoms with Crippen molar-refractivity contribution in [2.45, 2.75) is 0 Å². The molecule has 0 saturated carbocycles. The van der Waals surface area contributed by atoms with Crippen LogP contribution in [0.5, 0.6) is 5.75 Å². The summed E-state index contributed by atoms with van der Waals surface area (Å²) in [4.78, 5) is 3.38. The number of hydrogen-bond donors (Lipinski definition) is 1. The Morgan fingerprint density at radius 2 is 1.89 bits per heavy atom. The molecule has 2 aromatic carbocycles. The quantitative estimate of drug-likeness (QED) is 0.719. The fraction of sp³-hybridized carbons (Fsp3) is 0.0667. The minimum atomic E-state index is 0.734. The normalized spacial score (nSPS) is 10.8. The van der Waals surface area contributed by atoms with Crippen LogP contribution in [0.2, 0.25) is 5.02 Å². The Morgan fingerprint density at radius 3 is 2.67 bits per heavy atom. The number of nitrogens with one attached hydrogen (secondary N) is 1. The fourth-order valence-electron chi connectivity index (χ4n) is 2.12. The highest BCUT2D eigenvalue weighted by atomic mass is 35.5. The molecule has 0 fully saturated rings. The largest absolute Gasteiger partial charge is 0.496 e. The lowest BCUT2D eigenvalue weighted by molar-refractivity contribution is 0.420. The van der Waals surface area contributed by atoms with Crippen LogP contribution in [-0.2, 0) is 0 Å². The first-order valence-corrected chi connectivity index (χ1v) is 6.07. The van der Waals surface area contributed by atoms with Gasteiger partial charge in [-0.3, -0.25) is 0 Å². The molecule has 1 heterocycles. The van der Waals surface area contributed by atoms with Crippen molar-refractivity contribution < 1.29 is 4.74 Å². The summed E-state index contributed by atoms with van der Waals surface area (Å²) < 4.78 is 5.35. The van der Waals surface area contributed by atoms with E-state index in [1.54, 1.807) is 7.11 Å². The average Bonchev–Trinajstić information content (AvgIpc) is 2.82. The van der Waals surface area contributed by atoms with Crippen molar-refractivity contribution in [3.05, 3.63) is 53.6 Å². The van der Waals surface area contributed by atoms with Gasteiger partial charge in [0, 0.05) is 21.6 Å². The third-order valence-corrected chi connectivity index (χ3v) is 3.21. The molecule has 3 aromatic rings. The van der Waals surface area contributed by atoms with Gasteiger partial charge in [0.05, 0.1) is 7.11 Å². The number of aromatic nitrogens is 1. The summed E-state index contributed by atoms with van der Waals surface area (Å²) >= 11 is 6.01. The standard InChI is InChI=1S/C15H12ClNO/c1-18-15-7-3-6-13-12(15)9-14(17-13)10-4-2-5-11(16)8-10/h2-9,17H,1H3. The highest BCUT2D eigenvalue weighted by Crippen LogP contribution is 2.31. The van der Waals surface area contributed by atoms with Gasteiger partial charge in [-0.15, -0.1) is 0 Å². The molecule has 0 unspecified atom stereocenters. The van der Waals surface area contributed by atoms with Crippen LogP contribution in [0.3, 0.4) is 0 Å². The molecule has 0 bridgehead atoms. The van der Waals surface area contributed by atoms with Gasteiger partial charge in [-0.2, -0.15) is 0 Å². The van der Waals surface area contributed by atoms with E-state index in [4.69, 9.17) is 16.3 Å². The van der Waals surface area contributed by atoms with E-state index >= 15 is 0 Å². The Bertz CT molecular complexity index is 703. The van der Waals surface area contributed by atoms with Crippen molar-refractivity contribution in [1.82, 2.24) is 4.98 Å². The fourth-order valence-corrected chi connectivity index (χ4v) is 2.31. The maximum absolute atomic E-state index is 6.01. The lowest BCUT2D eigenvalue weighted by atomic mass is 10.1. The second-order valence-electron chi connectivity index (χ2n) is 4.11. The van der Waals surface area contributed by atoms with E-state index in [0.717, 1.165) is 32.9 Å². The first-order chi connectivity index (χ1) is 8.78. The van der Waals surface area contributed by atoms with Gasteiger partial charge in [0.2, 0.25) is 0 Å². The molecule has 0 aliphatic heterocycles. The van der Waals surface area contributed by atoms with E-state index in [-0.39, 0.29) is 0 Å². The smallest absolute Gasteiger partial charge is 0.128 e. The van der Waals surface area contributed by atoms with Gasteiger partial charge in [-0.05, 0) is 35.9 Å². The number of rotatable bonds is 2. The number of H-pyrrole nitrogens is 1. The molecule has 1 N–H and O–H groups in total. The van der Waals surface area contributed by atoms with E-state index in [1.165, 1.54) is 0 Å². The summed E-state index contributed by atoms with van der Waals surface area (Å²) in [6.45, 7) is 0. The van der Waals surface area contributed by atoms with Crippen LogP contribution in [0.1, 0.15) is 0 Å². The van der Waals surface area contributed by atoms with Gasteiger partial charge >= 0.3 is 0 Å². The number of aromatic amines is 1. The molecule has 0 radical (unpaired) electrons. The molecule has 3 heteroatoms. The average molecular weight is 258 g/mol. The SMILES string of the molecule is COc1cccc2[nH]c(-c3cccc(Cl)c3)cc12. The lowest BCUT2D eigenvalue weighted by Gasteiger charge is -1.99. The summed E-state index contributed by atoms with van der Waals surface area (Å²) in [5, 5.41) is 1.81. The Kier molecular flexibility index (Phi) is 2.73. The van der Waals surface area contributed by atoms with Crippen LogP contribution < -0.4 is 4.74 Å². The second kappa shape index (κ2) is 4.39. The molecule has 0 saturated heterocycles. The Hall–Kier alpha value is -1.93. The van der Waals surface area contributed by atoms with E-state index in [9.17, 15) is 0 Å². The first kappa shape index (κ1) is 11.2. The van der Waals surface area contributed by atoms with Crippen molar-refractivity contribution >= 4 is 22.5 Å². The number of hydrogen-bond acceptors (Lipinski definition) is 1. The molecule has 1 aromatic heterocycles. The van der Waals surface area contributed by atoms with Crippen molar-refractivity contribution in [1.29, 1.82) is 0 Å². The predicted octanol–water partition coefficient (Wildman–Crippen LogP) is 4.50. The van der Waals surface area contributed by atoms with Crippen LogP contribution in [0.15, 0.2) is 48.5 Å². The van der Waals surface area contributed by atoms with E-state index in [1.807, 2.05) is 42.5 Å². The summed E-state index contributed by atoms with van der Waals surface area (Å²) in [7, 11) is 1.68. The molecule has 2 nitrogen and oxygen atoms in total. The third kappa shape index (κ3) is 1.85. The zero-order chi connectivity index (χ0) is 12.5. The van der Waals surface area contributed by atoms with E-state index in [0.29, 0.717) is 0 Å². The van der Waals surface area contributed by atoms with Crippen molar-refractivity contribution in [3.8, 4) is 17.0 Å². The van der Waals surface area contributed by atoms with Crippen LogP contribution in [0, 0.1) is 0 Å². The Morgan fingerprint density at radius 1 is 1.06 bits per heavy atom. The molecule has 0 aliphatic rings. The summed E-state index contributed by atoms with van der Waals surface area (Å²) in [6.07, 6.45) is 0. The summed E-state index contributed by atoms with van der Waals surface area (Å²) in [5.74, 6) is 0.872. The van der Waals surface area contributed by atoms with Gasteiger partial charge in [0.15, 0.2) is 0 Å². The maximum Gasteiger partial charge on any atom is 0.128 e. The third-order valence-electron chi connectivity index (χ3n) is 2.98. The topological polar surface area (TPSA) is 25.0 Å². The number of fused-ring (bicyclic) bond motifs is 1. The molecular formula is C15H12ClNO. The van der Waals surface area contributed by atoms with Crippen molar-refractivity contribution in [2.75, 3.05) is 7.11 Å². The van der Waals surface area contributed by atoms with Crippen LogP contribution >= 0.6 is 11.6 Å². The van der Waals surface area contributed by atoms with E-state index < -0.39 is 0 Å². The molecule has 90 valence electrons. The minimum absolute atomic E-state index is 0.734. The minimum Gasteiger partial charge on any atom is -0.496 e. The summed E-state index contributed by atoms with van der Waals surface area (Å²) in [6, 6.07) is 15.8.